The summed E-state index contributed by atoms with van der Waals surface area (Å²) in [6.07, 6.45) is 2.17. The standard InChI is InChI=1S/C17H30N4/c1-5-15-10-7-8-11-16(15)14-20-17(18-6-2)19-12-9-13-21(3)4/h7-8,10-11H,5-6,9,12-14H2,1-4H3,(H2,18,19,20). The molecule has 1 aromatic rings. The Labute approximate surface area is 129 Å². The van der Waals surface area contributed by atoms with E-state index in [1.807, 2.05) is 0 Å². The van der Waals surface area contributed by atoms with Crippen LogP contribution in [0.2, 0.25) is 0 Å². The lowest BCUT2D eigenvalue weighted by Crippen LogP contribution is -2.38. The first-order valence-electron chi connectivity index (χ1n) is 7.91. The number of aryl methyl sites for hydroxylation is 1. The van der Waals surface area contributed by atoms with Crippen LogP contribution in [0.4, 0.5) is 0 Å². The molecule has 0 aliphatic rings. The Morgan fingerprint density at radius 2 is 1.81 bits per heavy atom. The maximum absolute atomic E-state index is 4.69. The second-order valence-electron chi connectivity index (χ2n) is 5.40. The van der Waals surface area contributed by atoms with E-state index < -0.39 is 0 Å². The average Bonchev–Trinajstić information content (AvgIpc) is 2.49. The van der Waals surface area contributed by atoms with Crippen LogP contribution in [0.25, 0.3) is 0 Å². The Balaban J connectivity index is 2.54. The summed E-state index contributed by atoms with van der Waals surface area (Å²) in [6, 6.07) is 8.53. The van der Waals surface area contributed by atoms with E-state index in [9.17, 15) is 0 Å². The van der Waals surface area contributed by atoms with Gasteiger partial charge in [0.05, 0.1) is 6.54 Å². The summed E-state index contributed by atoms with van der Waals surface area (Å²) in [5.41, 5.74) is 2.69. The van der Waals surface area contributed by atoms with Crippen LogP contribution in [0.15, 0.2) is 29.3 Å². The lowest BCUT2D eigenvalue weighted by atomic mass is 10.1. The van der Waals surface area contributed by atoms with E-state index in [1.54, 1.807) is 0 Å². The maximum atomic E-state index is 4.69. The van der Waals surface area contributed by atoms with E-state index in [2.05, 4.69) is 72.7 Å². The smallest absolute Gasteiger partial charge is 0.191 e. The molecule has 4 heteroatoms. The van der Waals surface area contributed by atoms with Gasteiger partial charge in [-0.1, -0.05) is 31.2 Å². The third kappa shape index (κ3) is 7.14. The van der Waals surface area contributed by atoms with Crippen LogP contribution >= 0.6 is 0 Å². The summed E-state index contributed by atoms with van der Waals surface area (Å²) < 4.78 is 0. The van der Waals surface area contributed by atoms with Crippen molar-refractivity contribution in [2.75, 3.05) is 33.7 Å². The molecule has 1 rings (SSSR count). The van der Waals surface area contributed by atoms with Crippen molar-refractivity contribution in [2.24, 2.45) is 4.99 Å². The minimum Gasteiger partial charge on any atom is -0.357 e. The minimum absolute atomic E-state index is 0.729. The quantitative estimate of drug-likeness (QED) is 0.438. The number of hydrogen-bond donors (Lipinski definition) is 2. The number of nitrogens with zero attached hydrogens (tertiary/aromatic N) is 2. The number of aliphatic imine (C=N–C) groups is 1. The second-order valence-corrected chi connectivity index (χ2v) is 5.40. The van der Waals surface area contributed by atoms with Gasteiger partial charge in [-0.2, -0.15) is 0 Å². The van der Waals surface area contributed by atoms with Gasteiger partial charge in [0.2, 0.25) is 0 Å². The molecule has 0 unspecified atom stereocenters. The average molecular weight is 290 g/mol. The SMILES string of the molecule is CCNC(=NCc1ccccc1CC)NCCCN(C)C. The molecule has 118 valence electrons. The van der Waals surface area contributed by atoms with Crippen LogP contribution in [-0.2, 0) is 13.0 Å². The molecule has 0 aliphatic carbocycles. The Morgan fingerprint density at radius 3 is 2.43 bits per heavy atom. The number of guanidine groups is 1. The maximum Gasteiger partial charge on any atom is 0.191 e. The number of rotatable bonds is 8. The first-order chi connectivity index (χ1) is 10.2. The first-order valence-corrected chi connectivity index (χ1v) is 7.91. The van der Waals surface area contributed by atoms with Crippen molar-refractivity contribution in [1.29, 1.82) is 0 Å². The van der Waals surface area contributed by atoms with Gasteiger partial charge >= 0.3 is 0 Å². The summed E-state index contributed by atoms with van der Waals surface area (Å²) in [5, 5.41) is 6.70. The molecule has 0 saturated carbocycles. The number of nitrogens with one attached hydrogen (secondary N) is 2. The molecule has 0 aliphatic heterocycles. The Morgan fingerprint density at radius 1 is 1.10 bits per heavy atom. The van der Waals surface area contributed by atoms with Crippen LogP contribution in [0, 0.1) is 0 Å². The minimum atomic E-state index is 0.729. The normalized spacial score (nSPS) is 11.8. The van der Waals surface area contributed by atoms with E-state index in [4.69, 9.17) is 0 Å². The molecule has 0 fully saturated rings. The molecule has 0 spiro atoms. The van der Waals surface area contributed by atoms with Crippen LogP contribution in [-0.4, -0.2) is 44.6 Å². The zero-order valence-corrected chi connectivity index (χ0v) is 13.9. The summed E-state index contributed by atoms with van der Waals surface area (Å²) in [5.74, 6) is 0.905. The summed E-state index contributed by atoms with van der Waals surface area (Å²) >= 11 is 0. The molecular weight excluding hydrogens is 260 g/mol. The molecule has 0 saturated heterocycles. The zero-order chi connectivity index (χ0) is 15.5. The number of benzene rings is 1. The van der Waals surface area contributed by atoms with Gasteiger partial charge in [0.25, 0.3) is 0 Å². The highest BCUT2D eigenvalue weighted by molar-refractivity contribution is 5.79. The molecule has 0 heterocycles. The monoisotopic (exact) mass is 290 g/mol. The predicted octanol–water partition coefficient (Wildman–Crippen LogP) is 2.26. The molecule has 0 atom stereocenters. The lowest BCUT2D eigenvalue weighted by molar-refractivity contribution is 0.399. The molecule has 4 nitrogen and oxygen atoms in total. The Hall–Kier alpha value is -1.55. The van der Waals surface area contributed by atoms with E-state index >= 15 is 0 Å². The highest BCUT2D eigenvalue weighted by atomic mass is 15.2. The van der Waals surface area contributed by atoms with Crippen LogP contribution < -0.4 is 10.6 Å². The lowest BCUT2D eigenvalue weighted by Gasteiger charge is -2.13. The first kappa shape index (κ1) is 17.5. The van der Waals surface area contributed by atoms with Crippen molar-refractivity contribution in [3.05, 3.63) is 35.4 Å². The van der Waals surface area contributed by atoms with Gasteiger partial charge in [-0.05, 0) is 51.5 Å². The Kier molecular flexibility index (Phi) is 8.51. The topological polar surface area (TPSA) is 39.7 Å². The van der Waals surface area contributed by atoms with Crippen molar-refractivity contribution in [2.45, 2.75) is 33.2 Å². The number of hydrogen-bond acceptors (Lipinski definition) is 2. The summed E-state index contributed by atoms with van der Waals surface area (Å²) in [7, 11) is 4.20. The van der Waals surface area contributed by atoms with Crippen molar-refractivity contribution in [1.82, 2.24) is 15.5 Å². The zero-order valence-electron chi connectivity index (χ0n) is 13.9. The highest BCUT2D eigenvalue weighted by Gasteiger charge is 2.01. The van der Waals surface area contributed by atoms with Crippen LogP contribution in [0.1, 0.15) is 31.4 Å². The van der Waals surface area contributed by atoms with E-state index in [0.29, 0.717) is 0 Å². The van der Waals surface area contributed by atoms with Crippen molar-refractivity contribution >= 4 is 5.96 Å². The molecule has 2 N–H and O–H groups in total. The fraction of sp³-hybridized carbons (Fsp3) is 0.588. The highest BCUT2D eigenvalue weighted by Crippen LogP contribution is 2.10. The van der Waals surface area contributed by atoms with Gasteiger partial charge in [0.15, 0.2) is 5.96 Å². The second kappa shape index (κ2) is 10.2. The predicted molar refractivity (Wildman–Crippen MR) is 91.8 cm³/mol. The molecule has 0 aromatic heterocycles. The molecule has 1 aromatic carbocycles. The third-order valence-electron chi connectivity index (χ3n) is 3.33. The van der Waals surface area contributed by atoms with Gasteiger partial charge in [-0.25, -0.2) is 4.99 Å². The molecule has 0 radical (unpaired) electrons. The Bertz CT molecular complexity index is 427. The molecule has 0 amide bonds. The fourth-order valence-electron chi connectivity index (χ4n) is 2.16. The van der Waals surface area contributed by atoms with E-state index in [0.717, 1.165) is 45.0 Å². The summed E-state index contributed by atoms with van der Waals surface area (Å²) in [6.45, 7) is 7.93. The molecular formula is C17H30N4. The van der Waals surface area contributed by atoms with Gasteiger partial charge in [0, 0.05) is 13.1 Å². The van der Waals surface area contributed by atoms with Crippen LogP contribution in [0.3, 0.4) is 0 Å². The molecule has 21 heavy (non-hydrogen) atoms. The van der Waals surface area contributed by atoms with E-state index in [1.165, 1.54) is 11.1 Å². The van der Waals surface area contributed by atoms with E-state index in [-0.39, 0.29) is 0 Å². The van der Waals surface area contributed by atoms with Crippen molar-refractivity contribution in [3.8, 4) is 0 Å². The van der Waals surface area contributed by atoms with Crippen molar-refractivity contribution in [3.63, 3.8) is 0 Å². The van der Waals surface area contributed by atoms with Gasteiger partial charge in [-0.3, -0.25) is 0 Å². The van der Waals surface area contributed by atoms with Crippen molar-refractivity contribution < 1.29 is 0 Å². The fourth-order valence-corrected chi connectivity index (χ4v) is 2.16. The largest absolute Gasteiger partial charge is 0.357 e. The molecule has 0 bridgehead atoms. The van der Waals surface area contributed by atoms with Gasteiger partial charge in [-0.15, -0.1) is 0 Å². The van der Waals surface area contributed by atoms with Gasteiger partial charge in [0.1, 0.15) is 0 Å². The third-order valence-corrected chi connectivity index (χ3v) is 3.33. The van der Waals surface area contributed by atoms with Gasteiger partial charge < -0.3 is 15.5 Å². The summed E-state index contributed by atoms with van der Waals surface area (Å²) in [4.78, 5) is 6.89. The van der Waals surface area contributed by atoms with Crippen LogP contribution in [0.5, 0.6) is 0 Å².